The first kappa shape index (κ1) is 20.4. The molecule has 0 bridgehead atoms. The average molecular weight is 404 g/mol. The SMILES string of the molecule is CCCCC(CC)c1nnc(Nc2nc(C)nc3c2NC(=O)C(C(C)C)N3)s1. The Bertz CT molecular complexity index is 836. The first-order valence-corrected chi connectivity index (χ1v) is 10.8. The fourth-order valence-corrected chi connectivity index (χ4v) is 4.23. The minimum atomic E-state index is -0.313. The van der Waals surface area contributed by atoms with Crippen molar-refractivity contribution in [3.8, 4) is 0 Å². The number of carbonyl (C=O) groups is 1. The summed E-state index contributed by atoms with van der Waals surface area (Å²) in [4.78, 5) is 21.4. The molecular weight excluding hydrogens is 374 g/mol. The van der Waals surface area contributed by atoms with Crippen LogP contribution in [-0.4, -0.2) is 32.1 Å². The van der Waals surface area contributed by atoms with Crippen molar-refractivity contribution in [3.05, 3.63) is 10.8 Å². The molecule has 2 aromatic rings. The lowest BCUT2D eigenvalue weighted by Crippen LogP contribution is -2.43. The monoisotopic (exact) mass is 403 g/mol. The molecule has 0 fully saturated rings. The molecule has 2 unspecified atom stereocenters. The molecular formula is C19H29N7OS. The number of unbranched alkanes of at least 4 members (excludes halogenated alkanes) is 1. The lowest BCUT2D eigenvalue weighted by Gasteiger charge is -2.29. The maximum Gasteiger partial charge on any atom is 0.247 e. The third kappa shape index (κ3) is 4.40. The summed E-state index contributed by atoms with van der Waals surface area (Å²) in [5, 5.41) is 19.8. The van der Waals surface area contributed by atoms with Gasteiger partial charge >= 0.3 is 0 Å². The molecule has 0 aromatic carbocycles. The fourth-order valence-electron chi connectivity index (χ4n) is 3.27. The van der Waals surface area contributed by atoms with Crippen molar-refractivity contribution >= 4 is 39.7 Å². The second-order valence-electron chi connectivity index (χ2n) is 7.52. The van der Waals surface area contributed by atoms with Crippen molar-refractivity contribution < 1.29 is 4.79 Å². The minimum absolute atomic E-state index is 0.0819. The lowest BCUT2D eigenvalue weighted by molar-refractivity contribution is -0.117. The van der Waals surface area contributed by atoms with E-state index in [0.717, 1.165) is 17.8 Å². The van der Waals surface area contributed by atoms with E-state index >= 15 is 0 Å². The van der Waals surface area contributed by atoms with Gasteiger partial charge in [-0.2, -0.15) is 0 Å². The Morgan fingerprint density at radius 2 is 2.00 bits per heavy atom. The average Bonchev–Trinajstić information content (AvgIpc) is 3.10. The van der Waals surface area contributed by atoms with Crippen LogP contribution in [-0.2, 0) is 4.79 Å². The van der Waals surface area contributed by atoms with E-state index < -0.39 is 0 Å². The molecule has 1 aliphatic heterocycles. The topological polar surface area (TPSA) is 105 Å². The number of fused-ring (bicyclic) bond motifs is 1. The van der Waals surface area contributed by atoms with Crippen molar-refractivity contribution in [2.45, 2.75) is 72.3 Å². The summed E-state index contributed by atoms with van der Waals surface area (Å²) in [6.45, 7) is 10.2. The van der Waals surface area contributed by atoms with Crippen LogP contribution in [0.15, 0.2) is 0 Å². The van der Waals surface area contributed by atoms with E-state index in [9.17, 15) is 4.79 Å². The number of hydrogen-bond donors (Lipinski definition) is 3. The number of aromatic nitrogens is 4. The summed E-state index contributed by atoms with van der Waals surface area (Å²) in [5.74, 6) is 2.29. The third-order valence-corrected chi connectivity index (χ3v) is 5.93. The summed E-state index contributed by atoms with van der Waals surface area (Å²) in [6.07, 6.45) is 4.54. The first-order chi connectivity index (χ1) is 13.4. The molecule has 9 heteroatoms. The number of carbonyl (C=O) groups excluding carboxylic acids is 1. The Hall–Kier alpha value is -2.29. The van der Waals surface area contributed by atoms with Crippen molar-refractivity contribution in [1.29, 1.82) is 0 Å². The van der Waals surface area contributed by atoms with Gasteiger partial charge in [0.1, 0.15) is 22.6 Å². The van der Waals surface area contributed by atoms with Gasteiger partial charge in [-0.15, -0.1) is 10.2 Å². The molecule has 28 heavy (non-hydrogen) atoms. The molecule has 0 spiro atoms. The highest BCUT2D eigenvalue weighted by Crippen LogP contribution is 2.36. The fraction of sp³-hybridized carbons (Fsp3) is 0.632. The number of nitrogens with one attached hydrogen (secondary N) is 3. The predicted octanol–water partition coefficient (Wildman–Crippen LogP) is 4.45. The summed E-state index contributed by atoms with van der Waals surface area (Å²) in [7, 11) is 0. The van der Waals surface area contributed by atoms with Crippen molar-refractivity contribution in [1.82, 2.24) is 20.2 Å². The number of amides is 1. The van der Waals surface area contributed by atoms with Crippen LogP contribution in [0.25, 0.3) is 0 Å². The lowest BCUT2D eigenvalue weighted by atomic mass is 10.0. The Morgan fingerprint density at radius 3 is 2.68 bits per heavy atom. The third-order valence-electron chi connectivity index (χ3n) is 4.92. The number of anilines is 4. The first-order valence-electron chi connectivity index (χ1n) is 9.99. The van der Waals surface area contributed by atoms with Gasteiger partial charge in [-0.3, -0.25) is 4.79 Å². The molecule has 0 aliphatic carbocycles. The van der Waals surface area contributed by atoms with Crippen LogP contribution >= 0.6 is 11.3 Å². The quantitative estimate of drug-likeness (QED) is 0.598. The zero-order valence-corrected chi connectivity index (χ0v) is 18.0. The highest BCUT2D eigenvalue weighted by molar-refractivity contribution is 7.15. The largest absolute Gasteiger partial charge is 0.356 e. The van der Waals surface area contributed by atoms with E-state index in [0.29, 0.717) is 34.2 Å². The Balaban J connectivity index is 1.83. The highest BCUT2D eigenvalue weighted by Gasteiger charge is 2.31. The molecule has 2 aromatic heterocycles. The Kier molecular flexibility index (Phi) is 6.43. The van der Waals surface area contributed by atoms with Crippen molar-refractivity contribution in [2.24, 2.45) is 5.92 Å². The molecule has 0 saturated carbocycles. The van der Waals surface area contributed by atoms with Gasteiger partial charge in [-0.25, -0.2) is 9.97 Å². The summed E-state index contributed by atoms with van der Waals surface area (Å²) >= 11 is 1.55. The molecule has 152 valence electrons. The smallest absolute Gasteiger partial charge is 0.247 e. The number of hydrogen-bond acceptors (Lipinski definition) is 8. The zero-order valence-electron chi connectivity index (χ0n) is 17.2. The van der Waals surface area contributed by atoms with E-state index in [2.05, 4.69) is 50.0 Å². The molecule has 3 heterocycles. The maximum atomic E-state index is 12.4. The molecule has 1 aliphatic rings. The van der Waals surface area contributed by atoms with Crippen LogP contribution < -0.4 is 16.0 Å². The highest BCUT2D eigenvalue weighted by atomic mass is 32.1. The Morgan fingerprint density at radius 1 is 1.21 bits per heavy atom. The van der Waals surface area contributed by atoms with Crippen LogP contribution in [0.2, 0.25) is 0 Å². The second kappa shape index (κ2) is 8.81. The van der Waals surface area contributed by atoms with E-state index in [4.69, 9.17) is 0 Å². The normalized spacial score (nSPS) is 17.1. The molecule has 3 N–H and O–H groups in total. The van der Waals surface area contributed by atoms with Crippen LogP contribution in [0.5, 0.6) is 0 Å². The molecule has 1 amide bonds. The van der Waals surface area contributed by atoms with Crippen LogP contribution in [0, 0.1) is 12.8 Å². The summed E-state index contributed by atoms with van der Waals surface area (Å²) in [5.41, 5.74) is 0.558. The van der Waals surface area contributed by atoms with Crippen LogP contribution in [0.4, 0.5) is 22.5 Å². The number of nitrogens with zero attached hydrogens (tertiary/aromatic N) is 4. The minimum Gasteiger partial charge on any atom is -0.356 e. The van der Waals surface area contributed by atoms with Gasteiger partial charge in [-0.1, -0.05) is 51.9 Å². The standard InChI is InChI=1S/C19H29N7OS/c1-6-8-9-12(7-2)18-25-26-19(28-18)24-16-14-15(20-11(5)21-16)22-13(10(3)4)17(27)23-14/h10,12-13H,6-9H2,1-5H3,(H,23,27)(H2,20,21,22,24,26). The van der Waals surface area contributed by atoms with Gasteiger partial charge in [0, 0.05) is 5.92 Å². The molecule has 2 atom stereocenters. The summed E-state index contributed by atoms with van der Waals surface area (Å²) in [6, 6.07) is -0.313. The van der Waals surface area contributed by atoms with Gasteiger partial charge in [0.05, 0.1) is 0 Å². The van der Waals surface area contributed by atoms with Gasteiger partial charge in [0.25, 0.3) is 0 Å². The van der Waals surface area contributed by atoms with Crippen molar-refractivity contribution in [3.63, 3.8) is 0 Å². The molecule has 0 saturated heterocycles. The number of rotatable bonds is 8. The predicted molar refractivity (Wildman–Crippen MR) is 113 cm³/mol. The van der Waals surface area contributed by atoms with Crippen LogP contribution in [0.1, 0.15) is 70.1 Å². The molecule has 0 radical (unpaired) electrons. The molecule has 3 rings (SSSR count). The van der Waals surface area contributed by atoms with Gasteiger partial charge in [0.15, 0.2) is 11.6 Å². The van der Waals surface area contributed by atoms with Gasteiger partial charge in [-0.05, 0) is 25.7 Å². The zero-order chi connectivity index (χ0) is 20.3. The maximum absolute atomic E-state index is 12.4. The van der Waals surface area contributed by atoms with Crippen molar-refractivity contribution in [2.75, 3.05) is 16.0 Å². The Labute approximate surface area is 170 Å². The molecule has 8 nitrogen and oxygen atoms in total. The summed E-state index contributed by atoms with van der Waals surface area (Å²) < 4.78 is 0. The van der Waals surface area contributed by atoms with E-state index in [1.165, 1.54) is 12.8 Å². The van der Waals surface area contributed by atoms with E-state index in [1.54, 1.807) is 11.3 Å². The van der Waals surface area contributed by atoms with E-state index in [-0.39, 0.29) is 17.9 Å². The van der Waals surface area contributed by atoms with Crippen LogP contribution in [0.3, 0.4) is 0 Å². The second-order valence-corrected chi connectivity index (χ2v) is 8.53. The number of aryl methyl sites for hydroxylation is 1. The van der Waals surface area contributed by atoms with E-state index in [1.807, 2.05) is 20.8 Å². The van der Waals surface area contributed by atoms with Gasteiger partial charge in [0.2, 0.25) is 11.0 Å². The van der Waals surface area contributed by atoms with Gasteiger partial charge < -0.3 is 16.0 Å².